The first-order valence-corrected chi connectivity index (χ1v) is 19.1. The van der Waals surface area contributed by atoms with Crippen molar-refractivity contribution in [2.75, 3.05) is 19.6 Å². The van der Waals surface area contributed by atoms with Crippen molar-refractivity contribution in [3.63, 3.8) is 0 Å². The molecule has 9 nitrogen and oxygen atoms in total. The molecule has 1 aliphatic heterocycles. The smallest absolute Gasteiger partial charge is 0.407 e. The average Bonchev–Trinajstić information content (AvgIpc) is 3.15. The van der Waals surface area contributed by atoms with Gasteiger partial charge in [-0.15, -0.1) is 0 Å². The Morgan fingerprint density at radius 3 is 2.37 bits per heavy atom. The van der Waals surface area contributed by atoms with Gasteiger partial charge in [0.05, 0.1) is 22.7 Å². The monoisotopic (exact) mass is 750 g/mol. The predicted molar refractivity (Wildman–Crippen MR) is 212 cm³/mol. The van der Waals surface area contributed by atoms with Crippen molar-refractivity contribution < 1.29 is 23.8 Å². The van der Waals surface area contributed by atoms with Gasteiger partial charge in [-0.1, -0.05) is 78.7 Å². The highest BCUT2D eigenvalue weighted by molar-refractivity contribution is 6.32. The van der Waals surface area contributed by atoms with E-state index in [1.165, 1.54) is 0 Å². The molecule has 1 atom stereocenters. The summed E-state index contributed by atoms with van der Waals surface area (Å²) in [6.07, 6.45) is 3.70. The topological polar surface area (TPSA) is 113 Å². The summed E-state index contributed by atoms with van der Waals surface area (Å²) in [5.41, 5.74) is 6.21. The molecule has 2 amide bonds. The van der Waals surface area contributed by atoms with Crippen LogP contribution in [0.2, 0.25) is 5.02 Å². The third-order valence-corrected chi connectivity index (χ3v) is 9.64. The van der Waals surface area contributed by atoms with Crippen LogP contribution in [0.15, 0.2) is 84.9 Å². The summed E-state index contributed by atoms with van der Waals surface area (Å²) in [4.78, 5) is 27.6. The van der Waals surface area contributed by atoms with Gasteiger partial charge in [-0.25, -0.2) is 4.79 Å². The summed E-state index contributed by atoms with van der Waals surface area (Å²) in [7, 11) is 0. The number of rotatable bonds is 15. The van der Waals surface area contributed by atoms with E-state index in [0.717, 1.165) is 72.0 Å². The normalized spacial score (nSPS) is 14.5. The van der Waals surface area contributed by atoms with Crippen LogP contribution < -0.4 is 20.1 Å². The Bertz CT molecular complexity index is 1920. The zero-order valence-corrected chi connectivity index (χ0v) is 32.5. The molecule has 0 saturated carbocycles. The first kappa shape index (κ1) is 40.2. The molecule has 2 N–H and O–H groups in total. The van der Waals surface area contributed by atoms with E-state index in [2.05, 4.69) is 52.8 Å². The number of hydrogen-bond acceptors (Lipinski definition) is 7. The molecular formula is C44H51ClN4O5. The lowest BCUT2D eigenvalue weighted by Crippen LogP contribution is -2.49. The quantitative estimate of drug-likeness (QED) is 0.117. The van der Waals surface area contributed by atoms with Gasteiger partial charge in [-0.3, -0.25) is 9.69 Å². The van der Waals surface area contributed by atoms with Crippen LogP contribution in [0.25, 0.3) is 11.1 Å². The molecule has 5 rings (SSSR count). The first-order valence-electron chi connectivity index (χ1n) is 18.7. The Kier molecular flexibility index (Phi) is 14.4. The molecule has 1 fully saturated rings. The highest BCUT2D eigenvalue weighted by Crippen LogP contribution is 2.36. The van der Waals surface area contributed by atoms with E-state index in [-0.39, 0.29) is 18.6 Å². The zero-order valence-electron chi connectivity index (χ0n) is 31.8. The molecule has 0 bridgehead atoms. The SMILES string of the molecule is Cc1c(COc2cc(OCc3cccc(C#N)c3)c(CN3CCCCC3C(=O)NCCCCNC(=O)OC(C)(C)C)cc2Cl)cccc1-c1ccccc1. The molecular weight excluding hydrogens is 700 g/mol. The molecule has 1 heterocycles. The summed E-state index contributed by atoms with van der Waals surface area (Å²) in [5.74, 6) is 1.10. The van der Waals surface area contributed by atoms with E-state index < -0.39 is 11.7 Å². The Labute approximate surface area is 324 Å². The highest BCUT2D eigenvalue weighted by atomic mass is 35.5. The number of halogens is 1. The average molecular weight is 751 g/mol. The Morgan fingerprint density at radius 2 is 1.61 bits per heavy atom. The fraction of sp³-hybridized carbons (Fsp3) is 0.386. The van der Waals surface area contributed by atoms with Crippen molar-refractivity contribution in [2.45, 2.75) is 91.2 Å². The number of alkyl carbamates (subject to hydrolysis) is 1. The standard InChI is InChI=1S/C44H51ClN4O5/c1-31-35(18-13-19-37(31)34-16-6-5-7-17-34)30-53-41-26-40(52-29-33-15-12-14-32(24-33)27-46)36(25-38(41)45)28-49-23-11-8-20-39(49)42(50)47-21-9-10-22-48-43(51)54-44(2,3)4/h5-7,12-19,24-26,39H,8-11,20-23,28-30H2,1-4H3,(H,47,50)(H,48,51). The number of piperidine rings is 1. The summed E-state index contributed by atoms with van der Waals surface area (Å²) in [5, 5.41) is 15.8. The third-order valence-electron chi connectivity index (χ3n) is 9.34. The van der Waals surface area contributed by atoms with Gasteiger partial charge in [-0.2, -0.15) is 5.26 Å². The van der Waals surface area contributed by atoms with Crippen molar-refractivity contribution in [3.8, 4) is 28.7 Å². The maximum atomic E-state index is 13.5. The molecule has 4 aromatic carbocycles. The van der Waals surface area contributed by atoms with Crippen LogP contribution in [0.5, 0.6) is 11.5 Å². The molecule has 10 heteroatoms. The van der Waals surface area contributed by atoms with Gasteiger partial charge in [0.2, 0.25) is 5.91 Å². The number of ether oxygens (including phenoxy) is 3. The lowest BCUT2D eigenvalue weighted by Gasteiger charge is -2.35. The lowest BCUT2D eigenvalue weighted by molar-refractivity contribution is -0.127. The minimum atomic E-state index is -0.544. The fourth-order valence-corrected chi connectivity index (χ4v) is 6.78. The van der Waals surface area contributed by atoms with Gasteiger partial charge in [0, 0.05) is 31.3 Å². The number of benzene rings is 4. The number of unbranched alkanes of at least 4 members (excludes halogenated alkanes) is 1. The molecule has 0 spiro atoms. The first-order chi connectivity index (χ1) is 26.0. The summed E-state index contributed by atoms with van der Waals surface area (Å²) in [6, 6.07) is 29.5. The summed E-state index contributed by atoms with van der Waals surface area (Å²) < 4.78 is 18.1. The van der Waals surface area contributed by atoms with E-state index in [9.17, 15) is 14.9 Å². The van der Waals surface area contributed by atoms with Crippen molar-refractivity contribution >= 4 is 23.6 Å². The van der Waals surface area contributed by atoms with E-state index >= 15 is 0 Å². The molecule has 1 aliphatic rings. The maximum absolute atomic E-state index is 13.5. The Balaban J connectivity index is 1.28. The second kappa shape index (κ2) is 19.3. The van der Waals surface area contributed by atoms with Crippen LogP contribution in [0.3, 0.4) is 0 Å². The zero-order chi connectivity index (χ0) is 38.5. The van der Waals surface area contributed by atoms with Crippen LogP contribution in [-0.2, 0) is 29.3 Å². The number of carbonyl (C=O) groups excluding carboxylic acids is 2. The van der Waals surface area contributed by atoms with Crippen molar-refractivity contribution in [2.24, 2.45) is 0 Å². The van der Waals surface area contributed by atoms with Gasteiger partial charge < -0.3 is 24.8 Å². The fourth-order valence-electron chi connectivity index (χ4n) is 6.54. The molecule has 284 valence electrons. The number of amides is 2. The van der Waals surface area contributed by atoms with Crippen LogP contribution in [-0.4, -0.2) is 48.2 Å². The maximum Gasteiger partial charge on any atom is 0.407 e. The van der Waals surface area contributed by atoms with Crippen LogP contribution in [0.4, 0.5) is 4.79 Å². The minimum Gasteiger partial charge on any atom is -0.488 e. The van der Waals surface area contributed by atoms with E-state index in [4.69, 9.17) is 25.8 Å². The van der Waals surface area contributed by atoms with Gasteiger partial charge in [0.1, 0.15) is 30.3 Å². The minimum absolute atomic E-state index is 0.00950. The Morgan fingerprint density at radius 1 is 0.870 bits per heavy atom. The van der Waals surface area contributed by atoms with Crippen molar-refractivity contribution in [1.82, 2.24) is 15.5 Å². The molecule has 1 saturated heterocycles. The Hall–Kier alpha value is -5.04. The predicted octanol–water partition coefficient (Wildman–Crippen LogP) is 9.12. The van der Waals surface area contributed by atoms with Gasteiger partial charge in [0.25, 0.3) is 0 Å². The van der Waals surface area contributed by atoms with Crippen LogP contribution in [0.1, 0.15) is 80.7 Å². The van der Waals surface area contributed by atoms with Gasteiger partial charge >= 0.3 is 6.09 Å². The highest BCUT2D eigenvalue weighted by Gasteiger charge is 2.29. The number of nitrogens with zero attached hydrogens (tertiary/aromatic N) is 2. The van der Waals surface area contributed by atoms with Crippen molar-refractivity contribution in [3.05, 3.63) is 118 Å². The number of likely N-dealkylation sites (tertiary alicyclic amines) is 1. The van der Waals surface area contributed by atoms with Crippen molar-refractivity contribution in [1.29, 1.82) is 5.26 Å². The summed E-state index contributed by atoms with van der Waals surface area (Å²) in [6.45, 7) is 10.4. The van der Waals surface area contributed by atoms with Gasteiger partial charge in [0.15, 0.2) is 0 Å². The molecule has 0 aliphatic carbocycles. The second-order valence-corrected chi connectivity index (χ2v) is 15.1. The largest absolute Gasteiger partial charge is 0.488 e. The molecule has 4 aromatic rings. The number of carbonyl (C=O) groups is 2. The molecule has 0 radical (unpaired) electrons. The molecule has 0 aromatic heterocycles. The van der Waals surface area contributed by atoms with Crippen LogP contribution >= 0.6 is 11.6 Å². The summed E-state index contributed by atoms with van der Waals surface area (Å²) >= 11 is 6.92. The van der Waals surface area contributed by atoms with E-state index in [1.54, 1.807) is 6.07 Å². The number of nitriles is 1. The van der Waals surface area contributed by atoms with E-state index in [0.29, 0.717) is 48.3 Å². The number of hydrogen-bond donors (Lipinski definition) is 2. The van der Waals surface area contributed by atoms with E-state index in [1.807, 2.05) is 75.4 Å². The molecule has 54 heavy (non-hydrogen) atoms. The lowest BCUT2D eigenvalue weighted by atomic mass is 9.97. The second-order valence-electron chi connectivity index (χ2n) is 14.6. The third kappa shape index (κ3) is 11.7. The van der Waals surface area contributed by atoms with Crippen LogP contribution in [0, 0.1) is 18.3 Å². The molecule has 1 unspecified atom stereocenters. The van der Waals surface area contributed by atoms with Gasteiger partial charge in [-0.05, 0) is 106 Å². The number of nitrogens with one attached hydrogen (secondary N) is 2.